The van der Waals surface area contributed by atoms with Gasteiger partial charge >= 0.3 is 0 Å². The van der Waals surface area contributed by atoms with Crippen LogP contribution in [0.3, 0.4) is 0 Å². The Morgan fingerprint density at radius 1 is 0.867 bits per heavy atom. The van der Waals surface area contributed by atoms with Crippen molar-refractivity contribution in [1.29, 1.82) is 0 Å². The second-order valence-corrected chi connectivity index (χ2v) is 12.8. The molecule has 0 saturated heterocycles. The Balaban J connectivity index is 1.82. The van der Waals surface area contributed by atoms with Crippen LogP contribution in [0.1, 0.15) is 25.0 Å². The molecule has 0 aliphatic heterocycles. The van der Waals surface area contributed by atoms with E-state index < -0.39 is 39.3 Å². The van der Waals surface area contributed by atoms with E-state index in [1.54, 1.807) is 56.3 Å². The Hall–Kier alpha value is -4.74. The van der Waals surface area contributed by atoms with E-state index in [1.807, 2.05) is 30.3 Å². The molecule has 234 valence electrons. The second kappa shape index (κ2) is 14.8. The van der Waals surface area contributed by atoms with E-state index >= 15 is 0 Å². The fraction of sp³-hybridized carbons (Fsp3) is 0.212. The van der Waals surface area contributed by atoms with Crippen LogP contribution in [0.25, 0.3) is 0 Å². The van der Waals surface area contributed by atoms with Crippen LogP contribution in [-0.4, -0.2) is 48.7 Å². The average molecular weight is 649 g/mol. The van der Waals surface area contributed by atoms with E-state index in [9.17, 15) is 28.1 Å². The Morgan fingerprint density at radius 3 is 2.02 bits per heavy atom. The molecule has 0 fully saturated rings. The second-order valence-electron chi connectivity index (χ2n) is 10.6. The molecule has 0 radical (unpaired) electrons. The molecule has 0 saturated carbocycles. The Labute approximate surface area is 267 Å². The highest BCUT2D eigenvalue weighted by Crippen LogP contribution is 2.27. The minimum absolute atomic E-state index is 0.0433. The van der Waals surface area contributed by atoms with E-state index in [0.717, 1.165) is 9.87 Å². The van der Waals surface area contributed by atoms with Gasteiger partial charge in [0.2, 0.25) is 11.8 Å². The molecule has 4 rings (SSSR count). The molecule has 4 aromatic carbocycles. The van der Waals surface area contributed by atoms with Gasteiger partial charge in [-0.25, -0.2) is 8.42 Å². The fourth-order valence-corrected chi connectivity index (χ4v) is 6.36. The predicted molar refractivity (Wildman–Crippen MR) is 173 cm³/mol. The normalized spacial score (nSPS) is 11.9. The zero-order valence-corrected chi connectivity index (χ0v) is 26.3. The van der Waals surface area contributed by atoms with E-state index in [0.29, 0.717) is 10.6 Å². The van der Waals surface area contributed by atoms with Crippen molar-refractivity contribution in [3.8, 4) is 0 Å². The number of carbonyl (C=O) groups is 2. The first-order valence-electron chi connectivity index (χ1n) is 14.2. The van der Waals surface area contributed by atoms with Crippen LogP contribution < -0.4 is 9.62 Å². The van der Waals surface area contributed by atoms with Crippen molar-refractivity contribution in [2.75, 3.05) is 10.8 Å². The maximum Gasteiger partial charge on any atom is 0.269 e. The number of halogens is 1. The van der Waals surface area contributed by atoms with Crippen LogP contribution in [-0.2, 0) is 32.6 Å². The number of sulfonamides is 1. The van der Waals surface area contributed by atoms with E-state index in [1.165, 1.54) is 41.3 Å². The predicted octanol–water partition coefficient (Wildman–Crippen LogP) is 5.61. The highest BCUT2D eigenvalue weighted by Gasteiger charge is 2.35. The summed E-state index contributed by atoms with van der Waals surface area (Å²) in [6, 6.07) is 27.3. The summed E-state index contributed by atoms with van der Waals surface area (Å²) >= 11 is 6.50. The van der Waals surface area contributed by atoms with Gasteiger partial charge in [-0.3, -0.25) is 24.0 Å². The monoisotopic (exact) mass is 648 g/mol. The van der Waals surface area contributed by atoms with Gasteiger partial charge in [-0.2, -0.15) is 0 Å². The maximum absolute atomic E-state index is 14.4. The first-order valence-corrected chi connectivity index (χ1v) is 16.0. The van der Waals surface area contributed by atoms with Crippen LogP contribution >= 0.6 is 11.6 Å². The average Bonchev–Trinajstić information content (AvgIpc) is 3.02. The lowest BCUT2D eigenvalue weighted by Gasteiger charge is -2.34. The number of nitrogens with one attached hydrogen (secondary N) is 1. The van der Waals surface area contributed by atoms with Crippen molar-refractivity contribution in [1.82, 2.24) is 10.2 Å². The molecular weight excluding hydrogens is 616 g/mol. The number of hydrogen-bond donors (Lipinski definition) is 1. The van der Waals surface area contributed by atoms with Crippen molar-refractivity contribution in [3.05, 3.63) is 135 Å². The number of nitro benzene ring substituents is 1. The summed E-state index contributed by atoms with van der Waals surface area (Å²) in [4.78, 5) is 40.1. The van der Waals surface area contributed by atoms with Crippen molar-refractivity contribution in [2.24, 2.45) is 0 Å². The number of non-ortho nitro benzene ring substituents is 1. The molecule has 0 spiro atoms. The number of amides is 2. The first kappa shape index (κ1) is 33.2. The Kier molecular flexibility index (Phi) is 10.9. The molecule has 1 N–H and O–H groups in total. The molecule has 12 heteroatoms. The van der Waals surface area contributed by atoms with Gasteiger partial charge in [-0.15, -0.1) is 0 Å². The molecule has 10 nitrogen and oxygen atoms in total. The number of anilines is 1. The molecule has 0 unspecified atom stereocenters. The summed E-state index contributed by atoms with van der Waals surface area (Å²) in [5, 5.41) is 14.6. The zero-order valence-electron chi connectivity index (χ0n) is 24.7. The highest BCUT2D eigenvalue weighted by atomic mass is 35.5. The van der Waals surface area contributed by atoms with Crippen molar-refractivity contribution in [2.45, 2.75) is 43.8 Å². The number of nitro groups is 1. The first-order chi connectivity index (χ1) is 21.5. The smallest absolute Gasteiger partial charge is 0.269 e. The Bertz CT molecular complexity index is 1740. The quantitative estimate of drug-likeness (QED) is 0.148. The maximum atomic E-state index is 14.4. The molecule has 0 heterocycles. The molecular formula is C33H33ClN4O6S. The lowest BCUT2D eigenvalue weighted by atomic mass is 10.0. The fourth-order valence-electron chi connectivity index (χ4n) is 4.73. The summed E-state index contributed by atoms with van der Waals surface area (Å²) in [5.74, 6) is -1.09. The lowest BCUT2D eigenvalue weighted by Crippen LogP contribution is -2.54. The van der Waals surface area contributed by atoms with Crippen LogP contribution in [0.15, 0.2) is 114 Å². The van der Waals surface area contributed by atoms with Crippen molar-refractivity contribution >= 4 is 44.8 Å². The topological polar surface area (TPSA) is 130 Å². The summed E-state index contributed by atoms with van der Waals surface area (Å²) in [6.07, 6.45) is 0.151. The summed E-state index contributed by atoms with van der Waals surface area (Å²) in [7, 11) is -4.33. The summed E-state index contributed by atoms with van der Waals surface area (Å²) < 4.78 is 28.9. The van der Waals surface area contributed by atoms with E-state index in [-0.39, 0.29) is 35.3 Å². The van der Waals surface area contributed by atoms with Crippen LogP contribution in [0.2, 0.25) is 5.02 Å². The zero-order chi connectivity index (χ0) is 32.6. The number of rotatable bonds is 13. The van der Waals surface area contributed by atoms with Gasteiger partial charge in [0.05, 0.1) is 15.5 Å². The molecule has 45 heavy (non-hydrogen) atoms. The van der Waals surface area contributed by atoms with Gasteiger partial charge in [0.25, 0.3) is 15.7 Å². The third-order valence-electron chi connectivity index (χ3n) is 6.96. The van der Waals surface area contributed by atoms with Crippen LogP contribution in [0, 0.1) is 10.1 Å². The van der Waals surface area contributed by atoms with Gasteiger partial charge in [0.15, 0.2) is 0 Å². The summed E-state index contributed by atoms with van der Waals surface area (Å²) in [5.41, 5.74) is 1.16. The third-order valence-corrected chi connectivity index (χ3v) is 9.12. The van der Waals surface area contributed by atoms with Crippen molar-refractivity contribution in [3.63, 3.8) is 0 Å². The molecule has 0 aromatic heterocycles. The molecule has 0 bridgehead atoms. The largest absolute Gasteiger partial charge is 0.352 e. The van der Waals surface area contributed by atoms with E-state index in [4.69, 9.17) is 11.6 Å². The summed E-state index contributed by atoms with van der Waals surface area (Å²) in [6.45, 7) is 2.83. The van der Waals surface area contributed by atoms with Crippen LogP contribution in [0.5, 0.6) is 0 Å². The standard InChI is InChI=1S/C33H33ClN4O6S/c1-24(2)35-33(40)31(21-25-11-5-3-6-12-25)36(22-26-13-9-10-16-30(26)34)32(39)23-37(27-17-19-28(20-18-27)38(41)42)45(43,44)29-14-7-4-8-15-29/h3-20,24,31H,21-23H2,1-2H3,(H,35,40)/t31-/m0/s1. The van der Waals surface area contributed by atoms with Crippen molar-refractivity contribution < 1.29 is 22.9 Å². The van der Waals surface area contributed by atoms with Gasteiger partial charge in [0.1, 0.15) is 12.6 Å². The molecule has 0 aliphatic carbocycles. The third kappa shape index (κ3) is 8.46. The van der Waals surface area contributed by atoms with Gasteiger partial charge < -0.3 is 10.2 Å². The number of carbonyl (C=O) groups excluding carboxylic acids is 2. The minimum atomic E-state index is -4.33. The van der Waals surface area contributed by atoms with Crippen LogP contribution in [0.4, 0.5) is 11.4 Å². The molecule has 2 amide bonds. The molecule has 1 atom stereocenters. The molecule has 0 aliphatic rings. The van der Waals surface area contributed by atoms with Gasteiger partial charge in [-0.1, -0.05) is 78.3 Å². The highest BCUT2D eigenvalue weighted by molar-refractivity contribution is 7.92. The molecule has 4 aromatic rings. The minimum Gasteiger partial charge on any atom is -0.352 e. The van der Waals surface area contributed by atoms with E-state index in [2.05, 4.69) is 5.32 Å². The Morgan fingerprint density at radius 2 is 1.44 bits per heavy atom. The number of nitrogens with zero attached hydrogens (tertiary/aromatic N) is 3. The number of hydrogen-bond acceptors (Lipinski definition) is 6. The van der Waals surface area contributed by atoms with Gasteiger partial charge in [-0.05, 0) is 55.3 Å². The van der Waals surface area contributed by atoms with Gasteiger partial charge in [0, 0.05) is 36.2 Å². The number of benzene rings is 4. The lowest BCUT2D eigenvalue weighted by molar-refractivity contribution is -0.384. The SMILES string of the molecule is CC(C)NC(=O)[C@H](Cc1ccccc1)N(Cc1ccccc1Cl)C(=O)CN(c1ccc([N+](=O)[O-])cc1)S(=O)(=O)c1ccccc1.